The third-order valence-electron chi connectivity index (χ3n) is 5.62. The lowest BCUT2D eigenvalue weighted by atomic mass is 9.39. The summed E-state index contributed by atoms with van der Waals surface area (Å²) < 4.78 is 59.7. The first-order valence-corrected chi connectivity index (χ1v) is 10.3. The summed E-state index contributed by atoms with van der Waals surface area (Å²) >= 11 is 15.5. The van der Waals surface area contributed by atoms with E-state index in [0.717, 1.165) is 6.07 Å². The van der Waals surface area contributed by atoms with Crippen molar-refractivity contribution in [2.45, 2.75) is 44.0 Å². The molecule has 0 radical (unpaired) electrons. The molecular formula is C19H15BrCl2F4N2O. The predicted octanol–water partition coefficient (Wildman–Crippen LogP) is 7.33. The zero-order chi connectivity index (χ0) is 21.2. The number of rotatable bonds is 5. The van der Waals surface area contributed by atoms with Gasteiger partial charge in [-0.2, -0.15) is 13.2 Å². The van der Waals surface area contributed by atoms with E-state index in [1.165, 1.54) is 12.3 Å². The Kier molecular flexibility index (Phi) is 4.99. The zero-order valence-corrected chi connectivity index (χ0v) is 18.1. The van der Waals surface area contributed by atoms with Crippen LogP contribution in [0.5, 0.6) is 5.75 Å². The number of benzene rings is 1. The number of anilines is 1. The van der Waals surface area contributed by atoms with Crippen LogP contribution in [0.4, 0.5) is 23.4 Å². The summed E-state index contributed by atoms with van der Waals surface area (Å²) in [7, 11) is 0. The molecule has 3 aliphatic rings. The average molecular weight is 514 g/mol. The van der Waals surface area contributed by atoms with E-state index in [9.17, 15) is 17.6 Å². The fraction of sp³-hybridized carbons (Fsp3) is 0.421. The van der Waals surface area contributed by atoms with E-state index in [1.807, 2.05) is 0 Å². The van der Waals surface area contributed by atoms with Crippen LogP contribution in [0.1, 0.15) is 37.9 Å². The first-order chi connectivity index (χ1) is 13.5. The Hall–Kier alpha value is -1.25. The number of ether oxygens (including phenoxy) is 1. The summed E-state index contributed by atoms with van der Waals surface area (Å²) in [6.45, 7) is 1.65. The molecule has 0 amide bonds. The lowest BCUT2D eigenvalue weighted by Gasteiger charge is -2.70. The van der Waals surface area contributed by atoms with Crippen LogP contribution < -0.4 is 10.1 Å². The number of hydrogen-bond acceptors (Lipinski definition) is 3. The van der Waals surface area contributed by atoms with Crippen molar-refractivity contribution in [2.75, 3.05) is 5.32 Å². The van der Waals surface area contributed by atoms with Crippen molar-refractivity contribution < 1.29 is 22.3 Å². The van der Waals surface area contributed by atoms with Crippen molar-refractivity contribution in [3.05, 3.63) is 50.3 Å². The standard InChI is InChI=1S/C19H15BrCl2F4N2O/c1-9(14-11(21)2-3-12(23)15(14)22)29-13-4-10(20)5-27-16(13)28-18-6-17(7-18,8-18)19(24,25)26/h2-5,9H,6-8H2,1H3,(H,27,28). The molecule has 10 heteroatoms. The molecule has 1 heterocycles. The van der Waals surface area contributed by atoms with Gasteiger partial charge >= 0.3 is 6.18 Å². The van der Waals surface area contributed by atoms with E-state index in [-0.39, 0.29) is 34.9 Å². The number of nitrogens with zero attached hydrogens (tertiary/aromatic N) is 1. The van der Waals surface area contributed by atoms with Crippen LogP contribution >= 0.6 is 39.1 Å². The third kappa shape index (κ3) is 3.47. The Bertz CT molecular complexity index is 966. The average Bonchev–Trinajstić information content (AvgIpc) is 2.54. The smallest absolute Gasteiger partial charge is 0.394 e. The monoisotopic (exact) mass is 512 g/mol. The SMILES string of the molecule is CC(Oc1cc(Br)cnc1NC12CC(C(F)(F)F)(C1)C2)c1c(Cl)ccc(F)c1Cl. The predicted molar refractivity (Wildman–Crippen MR) is 106 cm³/mol. The molecular weight excluding hydrogens is 499 g/mol. The molecule has 0 spiro atoms. The Morgan fingerprint density at radius 1 is 1.24 bits per heavy atom. The molecule has 1 N–H and O–H groups in total. The fourth-order valence-electron chi connectivity index (χ4n) is 4.24. The maximum Gasteiger partial charge on any atom is 0.394 e. The van der Waals surface area contributed by atoms with Crippen LogP contribution in [0, 0.1) is 11.2 Å². The van der Waals surface area contributed by atoms with Crippen molar-refractivity contribution in [3.8, 4) is 5.75 Å². The van der Waals surface area contributed by atoms with Crippen LogP contribution in [-0.4, -0.2) is 16.7 Å². The Balaban J connectivity index is 1.56. The minimum atomic E-state index is -4.19. The minimum Gasteiger partial charge on any atom is -0.482 e. The normalized spacial score (nSPS) is 26.3. The number of nitrogens with one attached hydrogen (secondary N) is 1. The number of halogens is 7. The van der Waals surface area contributed by atoms with Crippen LogP contribution in [-0.2, 0) is 0 Å². The lowest BCUT2D eigenvalue weighted by Crippen LogP contribution is -2.75. The van der Waals surface area contributed by atoms with Gasteiger partial charge in [0, 0.05) is 26.8 Å². The van der Waals surface area contributed by atoms with Gasteiger partial charge in [0.1, 0.15) is 11.9 Å². The Labute approximate surface area is 182 Å². The number of aromatic nitrogens is 1. The van der Waals surface area contributed by atoms with E-state index in [0.29, 0.717) is 16.0 Å². The second-order valence-corrected chi connectivity index (χ2v) is 9.43. The summed E-state index contributed by atoms with van der Waals surface area (Å²) in [5.74, 6) is -0.00762. The topological polar surface area (TPSA) is 34.1 Å². The van der Waals surface area contributed by atoms with Crippen LogP contribution in [0.15, 0.2) is 28.9 Å². The number of hydrogen-bond donors (Lipinski definition) is 1. The molecule has 3 saturated carbocycles. The maximum absolute atomic E-state index is 13.8. The first-order valence-electron chi connectivity index (χ1n) is 8.76. The maximum atomic E-state index is 13.8. The molecule has 1 aromatic carbocycles. The Morgan fingerprint density at radius 2 is 1.90 bits per heavy atom. The molecule has 2 aromatic rings. The molecule has 3 fully saturated rings. The minimum absolute atomic E-state index is 0.0117. The molecule has 3 nitrogen and oxygen atoms in total. The summed E-state index contributed by atoms with van der Waals surface area (Å²) in [6.07, 6.45) is -3.36. The van der Waals surface area contributed by atoms with E-state index < -0.39 is 29.1 Å². The van der Waals surface area contributed by atoms with Crippen molar-refractivity contribution in [1.82, 2.24) is 4.98 Å². The summed E-state index contributed by atoms with van der Waals surface area (Å²) in [5, 5.41) is 3.21. The van der Waals surface area contributed by atoms with Gasteiger partial charge in [-0.3, -0.25) is 0 Å². The quantitative estimate of drug-likeness (QED) is 0.336. The van der Waals surface area contributed by atoms with Gasteiger partial charge in [-0.25, -0.2) is 9.37 Å². The van der Waals surface area contributed by atoms with Gasteiger partial charge < -0.3 is 10.1 Å². The molecule has 2 bridgehead atoms. The summed E-state index contributed by atoms with van der Waals surface area (Å²) in [6, 6.07) is 4.18. The number of pyridine rings is 1. The molecule has 1 unspecified atom stereocenters. The third-order valence-corrected chi connectivity index (χ3v) is 6.77. The second-order valence-electron chi connectivity index (χ2n) is 7.73. The van der Waals surface area contributed by atoms with Crippen molar-refractivity contribution in [1.29, 1.82) is 0 Å². The fourth-order valence-corrected chi connectivity index (χ4v) is 5.23. The highest BCUT2D eigenvalue weighted by Gasteiger charge is 2.78. The van der Waals surface area contributed by atoms with Gasteiger partial charge in [-0.05, 0) is 60.3 Å². The first kappa shape index (κ1) is 21.0. The van der Waals surface area contributed by atoms with Gasteiger partial charge in [0.2, 0.25) is 0 Å². The van der Waals surface area contributed by atoms with E-state index in [2.05, 4.69) is 26.2 Å². The molecule has 3 aliphatic carbocycles. The summed E-state index contributed by atoms with van der Waals surface area (Å²) in [5.41, 5.74) is -1.93. The highest BCUT2D eigenvalue weighted by atomic mass is 79.9. The molecule has 1 atom stereocenters. The van der Waals surface area contributed by atoms with E-state index in [1.54, 1.807) is 13.0 Å². The Morgan fingerprint density at radius 3 is 2.52 bits per heavy atom. The summed E-state index contributed by atoms with van der Waals surface area (Å²) in [4.78, 5) is 4.26. The molecule has 1 aromatic heterocycles. The van der Waals surface area contributed by atoms with Gasteiger partial charge in [0.15, 0.2) is 11.6 Å². The number of alkyl halides is 3. The van der Waals surface area contributed by atoms with Gasteiger partial charge in [-0.15, -0.1) is 0 Å². The molecule has 29 heavy (non-hydrogen) atoms. The molecule has 5 rings (SSSR count). The van der Waals surface area contributed by atoms with Crippen LogP contribution in [0.2, 0.25) is 10.0 Å². The molecule has 0 saturated heterocycles. The molecule has 156 valence electrons. The van der Waals surface area contributed by atoms with Crippen molar-refractivity contribution in [3.63, 3.8) is 0 Å². The van der Waals surface area contributed by atoms with Gasteiger partial charge in [0.25, 0.3) is 0 Å². The van der Waals surface area contributed by atoms with Gasteiger partial charge in [-0.1, -0.05) is 23.2 Å². The van der Waals surface area contributed by atoms with E-state index in [4.69, 9.17) is 27.9 Å². The van der Waals surface area contributed by atoms with E-state index >= 15 is 0 Å². The zero-order valence-electron chi connectivity index (χ0n) is 15.0. The second kappa shape index (κ2) is 6.89. The van der Waals surface area contributed by atoms with Crippen molar-refractivity contribution in [2.24, 2.45) is 5.41 Å². The van der Waals surface area contributed by atoms with Gasteiger partial charge in [0.05, 0.1) is 10.4 Å². The largest absolute Gasteiger partial charge is 0.482 e. The van der Waals surface area contributed by atoms with Crippen LogP contribution in [0.25, 0.3) is 0 Å². The van der Waals surface area contributed by atoms with Crippen molar-refractivity contribution >= 4 is 44.9 Å². The highest BCUT2D eigenvalue weighted by molar-refractivity contribution is 9.10. The van der Waals surface area contributed by atoms with Crippen LogP contribution in [0.3, 0.4) is 0 Å². The molecule has 0 aliphatic heterocycles. The highest BCUT2D eigenvalue weighted by Crippen LogP contribution is 2.74. The lowest BCUT2D eigenvalue weighted by molar-refractivity contribution is -0.327.